The minimum absolute atomic E-state index is 0.0357. The number of amides is 1. The molecule has 1 N–H and O–H groups in total. The Labute approximate surface area is 165 Å². The van der Waals surface area contributed by atoms with Crippen LogP contribution >= 0.6 is 31.9 Å². The number of piperazine rings is 1. The fourth-order valence-electron chi connectivity index (χ4n) is 2.86. The summed E-state index contributed by atoms with van der Waals surface area (Å²) in [5.74, 6) is 0.0357. The number of sulfonamides is 1. The van der Waals surface area contributed by atoms with Crippen LogP contribution in [-0.4, -0.2) is 61.8 Å². The van der Waals surface area contributed by atoms with Crippen molar-refractivity contribution in [1.82, 2.24) is 14.5 Å². The monoisotopic (exact) mass is 493 g/mol. The number of nitrogens with one attached hydrogen (secondary N) is 1. The van der Waals surface area contributed by atoms with Crippen LogP contribution in [0.25, 0.3) is 0 Å². The van der Waals surface area contributed by atoms with Gasteiger partial charge in [0.05, 0.1) is 10.9 Å². The summed E-state index contributed by atoms with van der Waals surface area (Å²) in [7, 11) is -3.56. The average molecular weight is 495 g/mol. The SMILES string of the molecule is CC(C(=O)NC1CC1)N1CCN(S(=O)(=O)c2cc(Br)ccc2Br)CC1. The zero-order valence-corrected chi connectivity index (χ0v) is 17.9. The summed E-state index contributed by atoms with van der Waals surface area (Å²) < 4.78 is 28.6. The molecule has 0 bridgehead atoms. The molecule has 25 heavy (non-hydrogen) atoms. The molecule has 1 aromatic carbocycles. The number of carbonyl (C=O) groups is 1. The Morgan fingerprint density at radius 2 is 1.84 bits per heavy atom. The van der Waals surface area contributed by atoms with Crippen molar-refractivity contribution in [3.05, 3.63) is 27.1 Å². The zero-order valence-electron chi connectivity index (χ0n) is 13.9. The molecule has 0 radical (unpaired) electrons. The minimum atomic E-state index is -3.56. The predicted molar refractivity (Wildman–Crippen MR) is 103 cm³/mol. The highest BCUT2D eigenvalue weighted by Crippen LogP contribution is 2.29. The molecule has 2 aliphatic rings. The Morgan fingerprint density at radius 1 is 1.20 bits per heavy atom. The van der Waals surface area contributed by atoms with Gasteiger partial charge in [-0.1, -0.05) is 15.9 Å². The van der Waals surface area contributed by atoms with Crippen molar-refractivity contribution in [3.8, 4) is 0 Å². The van der Waals surface area contributed by atoms with Crippen molar-refractivity contribution < 1.29 is 13.2 Å². The average Bonchev–Trinajstić information content (AvgIpc) is 3.40. The molecular formula is C16H21Br2N3O3S. The summed E-state index contributed by atoms with van der Waals surface area (Å²) in [4.78, 5) is 14.5. The Kier molecular flexibility index (Phi) is 5.89. The lowest BCUT2D eigenvalue weighted by atomic mass is 10.2. The van der Waals surface area contributed by atoms with Gasteiger partial charge in [0.15, 0.2) is 0 Å². The molecule has 2 fully saturated rings. The molecule has 9 heteroatoms. The number of nitrogens with zero attached hydrogens (tertiary/aromatic N) is 2. The van der Waals surface area contributed by atoms with Crippen molar-refractivity contribution in [1.29, 1.82) is 0 Å². The van der Waals surface area contributed by atoms with Crippen LogP contribution in [0.15, 0.2) is 32.0 Å². The molecule has 1 amide bonds. The summed E-state index contributed by atoms with van der Waals surface area (Å²) in [6.45, 7) is 3.73. The van der Waals surface area contributed by atoms with Crippen molar-refractivity contribution in [2.75, 3.05) is 26.2 Å². The lowest BCUT2D eigenvalue weighted by Gasteiger charge is -2.36. The Bertz CT molecular complexity index is 760. The van der Waals surface area contributed by atoms with E-state index in [1.165, 1.54) is 4.31 Å². The van der Waals surface area contributed by atoms with Crippen LogP contribution < -0.4 is 5.32 Å². The van der Waals surface area contributed by atoms with Gasteiger partial charge in [-0.3, -0.25) is 9.69 Å². The van der Waals surface area contributed by atoms with Crippen LogP contribution in [0.3, 0.4) is 0 Å². The molecule has 1 aliphatic heterocycles. The molecule has 1 aromatic rings. The lowest BCUT2D eigenvalue weighted by molar-refractivity contribution is -0.126. The second-order valence-corrected chi connectivity index (χ2v) is 10.2. The van der Waals surface area contributed by atoms with Gasteiger partial charge in [0, 0.05) is 41.2 Å². The molecule has 1 atom stereocenters. The normalized spacial score (nSPS) is 21.1. The molecule has 0 spiro atoms. The van der Waals surface area contributed by atoms with Crippen LogP contribution in [0.5, 0.6) is 0 Å². The molecule has 1 saturated heterocycles. The maximum absolute atomic E-state index is 12.9. The third-order valence-electron chi connectivity index (χ3n) is 4.64. The van der Waals surface area contributed by atoms with E-state index in [0.717, 1.165) is 17.3 Å². The molecule has 0 aromatic heterocycles. The molecule has 1 saturated carbocycles. The Morgan fingerprint density at radius 3 is 2.44 bits per heavy atom. The maximum atomic E-state index is 12.9. The third kappa shape index (κ3) is 4.44. The van der Waals surface area contributed by atoms with Crippen LogP contribution in [0.1, 0.15) is 19.8 Å². The van der Waals surface area contributed by atoms with E-state index in [1.54, 1.807) is 18.2 Å². The first-order chi connectivity index (χ1) is 11.8. The largest absolute Gasteiger partial charge is 0.352 e. The van der Waals surface area contributed by atoms with Gasteiger partial charge < -0.3 is 5.32 Å². The van der Waals surface area contributed by atoms with Gasteiger partial charge in [-0.2, -0.15) is 4.31 Å². The maximum Gasteiger partial charge on any atom is 0.244 e. The number of carbonyl (C=O) groups excluding carboxylic acids is 1. The number of halogens is 2. The fraction of sp³-hybridized carbons (Fsp3) is 0.562. The van der Waals surface area contributed by atoms with Gasteiger partial charge in [-0.25, -0.2) is 8.42 Å². The van der Waals surface area contributed by atoms with Crippen LogP contribution in [-0.2, 0) is 14.8 Å². The summed E-state index contributed by atoms with van der Waals surface area (Å²) in [5, 5.41) is 3.01. The molecule has 1 heterocycles. The standard InChI is InChI=1S/C16H21Br2N3O3S/c1-11(16(22)19-13-3-4-13)20-6-8-21(9-7-20)25(23,24)15-10-12(17)2-5-14(15)18/h2,5,10-11,13H,3-4,6-9H2,1H3,(H,19,22). The van der Waals surface area contributed by atoms with E-state index in [9.17, 15) is 13.2 Å². The van der Waals surface area contributed by atoms with Gasteiger partial charge in [-0.05, 0) is 53.9 Å². The van der Waals surface area contributed by atoms with Crippen molar-refractivity contribution in [2.45, 2.75) is 36.7 Å². The number of hydrogen-bond acceptors (Lipinski definition) is 4. The van der Waals surface area contributed by atoms with E-state index in [1.807, 2.05) is 11.8 Å². The van der Waals surface area contributed by atoms with Crippen LogP contribution in [0.4, 0.5) is 0 Å². The third-order valence-corrected chi connectivity index (χ3v) is 8.02. The molecule has 3 rings (SSSR count). The zero-order chi connectivity index (χ0) is 18.2. The summed E-state index contributed by atoms with van der Waals surface area (Å²) >= 11 is 6.65. The summed E-state index contributed by atoms with van der Waals surface area (Å²) in [5.41, 5.74) is 0. The van der Waals surface area contributed by atoms with Crippen molar-refractivity contribution >= 4 is 47.8 Å². The van der Waals surface area contributed by atoms with E-state index in [0.29, 0.717) is 36.7 Å². The Balaban J connectivity index is 1.64. The van der Waals surface area contributed by atoms with E-state index in [-0.39, 0.29) is 16.8 Å². The van der Waals surface area contributed by atoms with E-state index >= 15 is 0 Å². The highest BCUT2D eigenvalue weighted by Gasteiger charge is 2.34. The number of rotatable bonds is 5. The van der Waals surface area contributed by atoms with Crippen molar-refractivity contribution in [3.63, 3.8) is 0 Å². The molecule has 138 valence electrons. The van der Waals surface area contributed by atoms with Gasteiger partial charge in [0.2, 0.25) is 15.9 Å². The smallest absolute Gasteiger partial charge is 0.244 e. The van der Waals surface area contributed by atoms with E-state index in [4.69, 9.17) is 0 Å². The number of benzene rings is 1. The second kappa shape index (κ2) is 7.64. The molecule has 1 aliphatic carbocycles. The van der Waals surface area contributed by atoms with Gasteiger partial charge in [0.25, 0.3) is 0 Å². The first-order valence-corrected chi connectivity index (χ1v) is 11.3. The van der Waals surface area contributed by atoms with Gasteiger partial charge in [0.1, 0.15) is 0 Å². The summed E-state index contributed by atoms with van der Waals surface area (Å²) in [6.07, 6.45) is 2.12. The first-order valence-electron chi connectivity index (χ1n) is 8.28. The minimum Gasteiger partial charge on any atom is -0.352 e. The second-order valence-electron chi connectivity index (χ2n) is 6.47. The van der Waals surface area contributed by atoms with E-state index < -0.39 is 10.0 Å². The highest BCUT2D eigenvalue weighted by molar-refractivity contribution is 9.11. The molecular weight excluding hydrogens is 474 g/mol. The van der Waals surface area contributed by atoms with E-state index in [2.05, 4.69) is 37.2 Å². The van der Waals surface area contributed by atoms with Crippen LogP contribution in [0, 0.1) is 0 Å². The summed E-state index contributed by atoms with van der Waals surface area (Å²) in [6, 6.07) is 5.23. The first kappa shape index (κ1) is 19.3. The molecule has 6 nitrogen and oxygen atoms in total. The van der Waals surface area contributed by atoms with Crippen LogP contribution in [0.2, 0.25) is 0 Å². The quantitative estimate of drug-likeness (QED) is 0.681. The number of hydrogen-bond donors (Lipinski definition) is 1. The van der Waals surface area contributed by atoms with Crippen molar-refractivity contribution in [2.24, 2.45) is 0 Å². The Hall–Kier alpha value is -0.480. The fourth-order valence-corrected chi connectivity index (χ4v) is 5.75. The van der Waals surface area contributed by atoms with Gasteiger partial charge in [-0.15, -0.1) is 0 Å². The lowest BCUT2D eigenvalue weighted by Crippen LogP contribution is -2.55. The topological polar surface area (TPSA) is 69.7 Å². The molecule has 1 unspecified atom stereocenters. The predicted octanol–water partition coefficient (Wildman–Crippen LogP) is 2.18. The highest BCUT2D eigenvalue weighted by atomic mass is 79.9. The van der Waals surface area contributed by atoms with Gasteiger partial charge >= 0.3 is 0 Å².